The molecule has 0 aliphatic heterocycles. The van der Waals surface area contributed by atoms with Crippen molar-refractivity contribution >= 4 is 16.9 Å². The van der Waals surface area contributed by atoms with Gasteiger partial charge in [0.15, 0.2) is 0 Å². The topological polar surface area (TPSA) is 72.3 Å². The van der Waals surface area contributed by atoms with Crippen LogP contribution >= 0.6 is 0 Å². The molecule has 2 aromatic heterocycles. The summed E-state index contributed by atoms with van der Waals surface area (Å²) in [5.41, 5.74) is 2.06. The zero-order valence-corrected chi connectivity index (χ0v) is 12.0. The molecule has 0 amide bonds. The van der Waals surface area contributed by atoms with Crippen LogP contribution in [0.5, 0.6) is 5.88 Å². The number of aromatic nitrogens is 2. The van der Waals surface area contributed by atoms with Crippen LogP contribution in [0.3, 0.4) is 0 Å². The number of para-hydroxylation sites is 1. The Morgan fingerprint density at radius 2 is 2.05 bits per heavy atom. The molecule has 0 aliphatic carbocycles. The fourth-order valence-electron chi connectivity index (χ4n) is 2.33. The maximum absolute atomic E-state index is 11.5. The van der Waals surface area contributed by atoms with E-state index in [1.807, 2.05) is 19.1 Å². The van der Waals surface area contributed by atoms with E-state index in [1.54, 1.807) is 36.5 Å². The molecule has 0 fully saturated rings. The van der Waals surface area contributed by atoms with Gasteiger partial charge in [0.2, 0.25) is 5.88 Å². The first-order valence-electron chi connectivity index (χ1n) is 6.92. The largest absolute Gasteiger partial charge is 0.478 e. The second-order valence-corrected chi connectivity index (χ2v) is 4.67. The summed E-state index contributed by atoms with van der Waals surface area (Å²) >= 11 is 0. The lowest BCUT2D eigenvalue weighted by atomic mass is 10.0. The van der Waals surface area contributed by atoms with Crippen LogP contribution in [0.2, 0.25) is 0 Å². The predicted octanol–water partition coefficient (Wildman–Crippen LogP) is 3.39. The van der Waals surface area contributed by atoms with E-state index in [1.165, 1.54) is 0 Å². The van der Waals surface area contributed by atoms with Crippen LogP contribution in [0.4, 0.5) is 0 Å². The Balaban J connectivity index is 2.26. The van der Waals surface area contributed by atoms with Crippen molar-refractivity contribution in [2.45, 2.75) is 6.92 Å². The van der Waals surface area contributed by atoms with Gasteiger partial charge in [-0.3, -0.25) is 0 Å². The number of fused-ring (bicyclic) bond motifs is 1. The zero-order chi connectivity index (χ0) is 15.5. The average molecular weight is 294 g/mol. The molecule has 0 saturated carbocycles. The molecule has 110 valence electrons. The maximum atomic E-state index is 11.5. The molecule has 0 atom stereocenters. The van der Waals surface area contributed by atoms with Crippen molar-refractivity contribution in [2.24, 2.45) is 0 Å². The van der Waals surface area contributed by atoms with E-state index >= 15 is 0 Å². The summed E-state index contributed by atoms with van der Waals surface area (Å²) in [5, 5.41) is 10.1. The summed E-state index contributed by atoms with van der Waals surface area (Å²) in [5.74, 6) is -0.536. The molecule has 1 N–H and O–H groups in total. The number of benzene rings is 1. The van der Waals surface area contributed by atoms with Gasteiger partial charge in [-0.1, -0.05) is 18.2 Å². The molecule has 0 unspecified atom stereocenters. The molecule has 1 aromatic carbocycles. The van der Waals surface area contributed by atoms with E-state index in [0.29, 0.717) is 34.6 Å². The second kappa shape index (κ2) is 5.81. The minimum atomic E-state index is -0.985. The highest BCUT2D eigenvalue weighted by Gasteiger charge is 2.15. The van der Waals surface area contributed by atoms with Crippen molar-refractivity contribution in [3.63, 3.8) is 0 Å². The van der Waals surface area contributed by atoms with Crippen LogP contribution in [0.1, 0.15) is 17.3 Å². The van der Waals surface area contributed by atoms with Crippen molar-refractivity contribution in [1.29, 1.82) is 0 Å². The molecule has 0 aliphatic rings. The molecule has 0 saturated heterocycles. The van der Waals surface area contributed by atoms with Crippen molar-refractivity contribution in [1.82, 2.24) is 9.97 Å². The Bertz CT molecular complexity index is 846. The minimum Gasteiger partial charge on any atom is -0.478 e. The SMILES string of the molecule is CCOc1ncccc1-c1cc(C(=O)O)c2ccccc2n1. The van der Waals surface area contributed by atoms with Crippen LogP contribution in [-0.2, 0) is 0 Å². The van der Waals surface area contributed by atoms with Gasteiger partial charge in [-0.05, 0) is 31.2 Å². The Labute approximate surface area is 127 Å². The summed E-state index contributed by atoms with van der Waals surface area (Å²) in [4.78, 5) is 20.3. The lowest BCUT2D eigenvalue weighted by Gasteiger charge is -2.10. The first kappa shape index (κ1) is 14.0. The third-order valence-corrected chi connectivity index (χ3v) is 3.27. The molecular weight excluding hydrogens is 280 g/mol. The number of nitrogens with zero attached hydrogens (tertiary/aromatic N) is 2. The number of carbonyl (C=O) groups is 1. The van der Waals surface area contributed by atoms with Gasteiger partial charge >= 0.3 is 5.97 Å². The molecule has 5 nitrogen and oxygen atoms in total. The molecule has 2 heterocycles. The number of hydrogen-bond acceptors (Lipinski definition) is 4. The van der Waals surface area contributed by atoms with Gasteiger partial charge in [-0.25, -0.2) is 14.8 Å². The first-order valence-corrected chi connectivity index (χ1v) is 6.92. The van der Waals surface area contributed by atoms with Crippen molar-refractivity contribution in [2.75, 3.05) is 6.61 Å². The third-order valence-electron chi connectivity index (χ3n) is 3.27. The summed E-state index contributed by atoms with van der Waals surface area (Å²) in [6.07, 6.45) is 1.63. The van der Waals surface area contributed by atoms with Gasteiger partial charge in [0.05, 0.1) is 28.9 Å². The number of aromatic carboxylic acids is 1. The van der Waals surface area contributed by atoms with E-state index in [-0.39, 0.29) is 5.56 Å². The highest BCUT2D eigenvalue weighted by atomic mass is 16.5. The summed E-state index contributed by atoms with van der Waals surface area (Å²) in [7, 11) is 0. The van der Waals surface area contributed by atoms with Gasteiger partial charge in [-0.15, -0.1) is 0 Å². The van der Waals surface area contributed by atoms with Gasteiger partial charge < -0.3 is 9.84 Å². The van der Waals surface area contributed by atoms with Crippen LogP contribution in [0.15, 0.2) is 48.7 Å². The van der Waals surface area contributed by atoms with E-state index in [2.05, 4.69) is 9.97 Å². The third kappa shape index (κ3) is 2.48. The minimum absolute atomic E-state index is 0.215. The zero-order valence-electron chi connectivity index (χ0n) is 12.0. The number of hydrogen-bond donors (Lipinski definition) is 1. The molecule has 0 bridgehead atoms. The van der Waals surface area contributed by atoms with Crippen LogP contribution in [-0.4, -0.2) is 27.7 Å². The number of carboxylic acids is 1. The molecule has 5 heteroatoms. The molecule has 0 spiro atoms. The van der Waals surface area contributed by atoms with Crippen LogP contribution in [0, 0.1) is 0 Å². The Morgan fingerprint density at radius 3 is 2.82 bits per heavy atom. The van der Waals surface area contributed by atoms with Gasteiger partial charge in [-0.2, -0.15) is 0 Å². The molecule has 22 heavy (non-hydrogen) atoms. The normalized spacial score (nSPS) is 10.6. The predicted molar refractivity (Wildman–Crippen MR) is 83.1 cm³/mol. The maximum Gasteiger partial charge on any atom is 0.336 e. The van der Waals surface area contributed by atoms with Crippen molar-refractivity contribution < 1.29 is 14.6 Å². The van der Waals surface area contributed by atoms with Crippen LogP contribution in [0.25, 0.3) is 22.2 Å². The Kier molecular flexibility index (Phi) is 3.70. The second-order valence-electron chi connectivity index (χ2n) is 4.67. The monoisotopic (exact) mass is 294 g/mol. The number of carboxylic acid groups (broad SMARTS) is 1. The smallest absolute Gasteiger partial charge is 0.336 e. The summed E-state index contributed by atoms with van der Waals surface area (Å²) < 4.78 is 5.51. The van der Waals surface area contributed by atoms with Crippen molar-refractivity contribution in [3.8, 4) is 17.1 Å². The van der Waals surface area contributed by atoms with Crippen molar-refractivity contribution in [3.05, 3.63) is 54.2 Å². The molecule has 3 rings (SSSR count). The van der Waals surface area contributed by atoms with E-state index in [9.17, 15) is 9.90 Å². The Morgan fingerprint density at radius 1 is 1.23 bits per heavy atom. The van der Waals surface area contributed by atoms with Gasteiger partial charge in [0, 0.05) is 11.6 Å². The molecular formula is C17H14N2O3. The summed E-state index contributed by atoms with van der Waals surface area (Å²) in [6, 6.07) is 12.3. The molecule has 0 radical (unpaired) electrons. The van der Waals surface area contributed by atoms with E-state index in [0.717, 1.165) is 0 Å². The highest BCUT2D eigenvalue weighted by Crippen LogP contribution is 2.29. The lowest BCUT2D eigenvalue weighted by Crippen LogP contribution is -2.02. The molecule has 3 aromatic rings. The lowest BCUT2D eigenvalue weighted by molar-refractivity contribution is 0.0699. The van der Waals surface area contributed by atoms with Gasteiger partial charge in [0.1, 0.15) is 0 Å². The number of rotatable bonds is 4. The number of pyridine rings is 2. The van der Waals surface area contributed by atoms with E-state index in [4.69, 9.17) is 4.74 Å². The number of ether oxygens (including phenoxy) is 1. The first-order chi connectivity index (χ1) is 10.7. The standard InChI is InChI=1S/C17H14N2O3/c1-2-22-16-12(7-5-9-18-16)15-10-13(17(20)21)11-6-3-4-8-14(11)19-15/h3-10H,2H2,1H3,(H,20,21). The van der Waals surface area contributed by atoms with Gasteiger partial charge in [0.25, 0.3) is 0 Å². The fourth-order valence-corrected chi connectivity index (χ4v) is 2.33. The highest BCUT2D eigenvalue weighted by molar-refractivity contribution is 6.03. The van der Waals surface area contributed by atoms with Crippen LogP contribution < -0.4 is 4.74 Å². The Hall–Kier alpha value is -2.95. The van der Waals surface area contributed by atoms with E-state index < -0.39 is 5.97 Å². The average Bonchev–Trinajstić information content (AvgIpc) is 2.54. The fraction of sp³-hybridized carbons (Fsp3) is 0.118. The quantitative estimate of drug-likeness (QED) is 0.798. The summed E-state index contributed by atoms with van der Waals surface area (Å²) in [6.45, 7) is 2.35.